The first-order valence-electron chi connectivity index (χ1n) is 31.2. The van der Waals surface area contributed by atoms with Gasteiger partial charge in [-0.15, -0.1) is 0 Å². The Morgan fingerprint density at radius 1 is 0.522 bits per heavy atom. The normalized spacial score (nSPS) is 14.2. The summed E-state index contributed by atoms with van der Waals surface area (Å²) in [7, 11) is 0. The Kier molecular flexibility index (Phi) is 28.4. The Labute approximate surface area is 544 Å². The van der Waals surface area contributed by atoms with Crippen molar-refractivity contribution in [2.24, 2.45) is 23.7 Å². The van der Waals surface area contributed by atoms with E-state index in [0.717, 1.165) is 0 Å². The predicted molar refractivity (Wildman–Crippen MR) is 350 cm³/mol. The number of amides is 3. The average molecular weight is 1300 g/mol. The van der Waals surface area contributed by atoms with Crippen LogP contribution in [-0.2, 0) is 81.4 Å². The Morgan fingerprint density at radius 3 is 1.65 bits per heavy atom. The van der Waals surface area contributed by atoms with E-state index < -0.39 is 155 Å². The first kappa shape index (κ1) is 76.6. The van der Waals surface area contributed by atoms with E-state index in [2.05, 4.69) is 16.0 Å². The summed E-state index contributed by atoms with van der Waals surface area (Å²) >= 11 is 1.37. The number of ether oxygens (including phenoxy) is 4. The number of phenols is 1. The molecule has 0 fully saturated rings. The zero-order valence-electron chi connectivity index (χ0n) is 56.1. The van der Waals surface area contributed by atoms with Gasteiger partial charge in [-0.1, -0.05) is 56.3 Å². The molecular weight excluding hydrogens is 1200 g/mol. The van der Waals surface area contributed by atoms with Crippen molar-refractivity contribution in [1.82, 2.24) is 20.5 Å². The molecule has 7 atom stereocenters. The number of aromatic hydroxyl groups is 1. The molecule has 92 heavy (non-hydrogen) atoms. The number of esters is 2. The number of carbonyl (C=O) groups excluding carboxylic acids is 10. The number of benzene rings is 3. The molecule has 0 aliphatic rings. The number of thioether (sulfide) groups is 1. The molecule has 0 saturated carbocycles. The van der Waals surface area contributed by atoms with Gasteiger partial charge in [0.2, 0.25) is 17.7 Å². The molecule has 1 aromatic heterocycles. The predicted octanol–water partition coefficient (Wildman–Crippen LogP) is 10.2. The molecule has 5 N–H and O–H groups in total. The van der Waals surface area contributed by atoms with Crippen molar-refractivity contribution in [3.05, 3.63) is 95.7 Å². The van der Waals surface area contributed by atoms with Crippen LogP contribution in [0.3, 0.4) is 0 Å². The highest BCUT2D eigenvalue weighted by Gasteiger charge is 2.36. The highest BCUT2D eigenvalue weighted by molar-refractivity contribution is 7.98. The molecule has 3 aromatic carbocycles. The van der Waals surface area contributed by atoms with Crippen molar-refractivity contribution in [1.29, 1.82) is 0 Å². The van der Waals surface area contributed by atoms with Gasteiger partial charge >= 0.3 is 24.0 Å². The summed E-state index contributed by atoms with van der Waals surface area (Å²) in [6.07, 6.45) is -0.424. The van der Waals surface area contributed by atoms with Crippen molar-refractivity contribution in [3.8, 4) is 11.5 Å². The number of carboxylic acids is 1. The average Bonchev–Trinajstić information content (AvgIpc) is 1.64. The minimum Gasteiger partial charge on any atom is -0.508 e. The number of ketones is 4. The lowest BCUT2D eigenvalue weighted by Crippen LogP contribution is -2.48. The smallest absolute Gasteiger partial charge is 0.419 e. The molecule has 22 heteroatoms. The fourth-order valence-electron chi connectivity index (χ4n) is 9.95. The zero-order valence-corrected chi connectivity index (χ0v) is 56.9. The molecule has 0 spiro atoms. The summed E-state index contributed by atoms with van der Waals surface area (Å²) in [6.45, 7) is 24.1. The monoisotopic (exact) mass is 1300 g/mol. The fourth-order valence-corrected chi connectivity index (χ4v) is 10.5. The van der Waals surface area contributed by atoms with E-state index >= 15 is 4.79 Å². The topological polar surface area (TPSA) is 306 Å². The molecule has 0 saturated heterocycles. The fraction of sp³-hybridized carbons (Fsp3) is 0.557. The molecule has 0 radical (unpaired) electrons. The lowest BCUT2D eigenvalue weighted by Gasteiger charge is -2.26. The number of phenolic OH excluding ortho intramolecular Hbond substituents is 1. The van der Waals surface area contributed by atoms with Gasteiger partial charge in [0.25, 0.3) is 0 Å². The molecule has 1 heterocycles. The van der Waals surface area contributed by atoms with Crippen LogP contribution in [0.4, 0.5) is 4.79 Å². The Bertz CT molecular complexity index is 3230. The van der Waals surface area contributed by atoms with Crippen molar-refractivity contribution in [3.63, 3.8) is 0 Å². The number of carbonyl (C=O) groups is 11. The SMILES string of the molecule is CSCC[C@H](CC(=O)[C@H](Cc1cn(C(=O)OC(C)(C)C)c2ccccc12)NC(=O)CCC(=O)[C@H](Cc1ccc(OC(C)(C)C)cc1)NC(=O)[C@H](C)CC(=O)[C@H](C)CCC(=O)OC(C)(C)C)C(=O)N[C@@H](CC(=O)OC(C)(C)C)C(=O)C[C@@H](Cc1ccc(O)cc1)C(=O)O. The number of Topliss-reactive ketones (excluding diaryl/α,β-unsaturated/α-hetero) is 4. The summed E-state index contributed by atoms with van der Waals surface area (Å²) in [4.78, 5) is 152. The van der Waals surface area contributed by atoms with Gasteiger partial charge in [-0.2, -0.15) is 11.8 Å². The van der Waals surface area contributed by atoms with E-state index in [1.165, 1.54) is 46.8 Å². The van der Waals surface area contributed by atoms with Gasteiger partial charge in [-0.05, 0) is 168 Å². The number of carboxylic acid groups (broad SMARTS) is 1. The lowest BCUT2D eigenvalue weighted by atomic mass is 9.90. The molecule has 504 valence electrons. The largest absolute Gasteiger partial charge is 0.508 e. The molecule has 0 aliphatic heterocycles. The number of fused-ring (bicyclic) bond motifs is 1. The van der Waals surface area contributed by atoms with Crippen LogP contribution in [0.5, 0.6) is 11.5 Å². The molecule has 0 aliphatic carbocycles. The van der Waals surface area contributed by atoms with E-state index in [0.29, 0.717) is 39.1 Å². The third kappa shape index (κ3) is 27.1. The number of aliphatic carboxylic acids is 1. The van der Waals surface area contributed by atoms with Gasteiger partial charge in [0.05, 0.1) is 36.0 Å². The number of hydrogen-bond donors (Lipinski definition) is 5. The van der Waals surface area contributed by atoms with Crippen LogP contribution in [0.1, 0.15) is 171 Å². The van der Waals surface area contributed by atoms with Crippen molar-refractivity contribution in [2.45, 2.75) is 215 Å². The number of para-hydroxylation sites is 1. The van der Waals surface area contributed by atoms with E-state index in [1.807, 2.05) is 20.8 Å². The van der Waals surface area contributed by atoms with Crippen molar-refractivity contribution < 1.29 is 81.9 Å². The second kappa shape index (κ2) is 34.1. The summed E-state index contributed by atoms with van der Waals surface area (Å²) in [5.74, 6) is -10.2. The van der Waals surface area contributed by atoms with Crippen LogP contribution < -0.4 is 20.7 Å². The summed E-state index contributed by atoms with van der Waals surface area (Å²) in [5.41, 5.74) is -1.09. The first-order valence-corrected chi connectivity index (χ1v) is 32.6. The third-order valence-electron chi connectivity index (χ3n) is 14.5. The highest BCUT2D eigenvalue weighted by atomic mass is 32.2. The summed E-state index contributed by atoms with van der Waals surface area (Å²) in [6, 6.07) is 15.4. The van der Waals surface area contributed by atoms with Gasteiger partial charge < -0.3 is 45.1 Å². The molecule has 0 unspecified atom stereocenters. The Hall–Kier alpha value is -7.88. The van der Waals surface area contributed by atoms with Crippen LogP contribution in [0.2, 0.25) is 0 Å². The zero-order chi connectivity index (χ0) is 69.1. The molecule has 3 amide bonds. The maximum Gasteiger partial charge on any atom is 0.419 e. The van der Waals surface area contributed by atoms with Gasteiger partial charge in [0.15, 0.2) is 17.3 Å². The second-order valence-electron chi connectivity index (χ2n) is 27.6. The minimum absolute atomic E-state index is 0.00498. The van der Waals surface area contributed by atoms with Crippen LogP contribution >= 0.6 is 11.8 Å². The standard InChI is InChI=1S/C70H96N4O17S/c1-42(20-31-61(81)89-68(6,7)8)57(77)34-43(2)63(83)72-52(36-45-23-27-50(28-24-45)88-67(3,4)5)56(76)29-30-60(80)71-53(37-48-41-74(66(87)91-70(12,13)14)55-19-17-16-18-51(48)55)58(78)38-46(32-33-92-15)64(84)73-54(40-62(82)90-69(9,10)11)59(79)39-47(65(85)86)35-44-21-25-49(75)26-22-44/h16-19,21-28,41-43,46-47,52-54,75H,20,29-40H2,1-15H3,(H,71,80)(H,72,83)(H,73,84)(H,85,86)/t42-,43-,46-,47-,52+,53+,54+/m1/s1. The Balaban J connectivity index is 1.68. The van der Waals surface area contributed by atoms with Gasteiger partial charge in [0.1, 0.15) is 39.7 Å². The van der Waals surface area contributed by atoms with Crippen molar-refractivity contribution >= 4 is 87.5 Å². The number of aromatic nitrogens is 1. The quantitative estimate of drug-likeness (QED) is 0.0214. The lowest BCUT2D eigenvalue weighted by molar-refractivity contribution is -0.157. The maximum absolute atomic E-state index is 15.1. The first-order chi connectivity index (χ1) is 42.7. The summed E-state index contributed by atoms with van der Waals surface area (Å²) < 4.78 is 23.9. The summed E-state index contributed by atoms with van der Waals surface area (Å²) in [5, 5.41) is 28.9. The van der Waals surface area contributed by atoms with Gasteiger partial charge in [-0.3, -0.25) is 52.5 Å². The maximum atomic E-state index is 15.1. The third-order valence-corrected chi connectivity index (χ3v) is 15.2. The number of nitrogens with one attached hydrogen (secondary N) is 3. The molecular formula is C70H96N4O17S. The molecule has 0 bridgehead atoms. The number of nitrogens with zero attached hydrogens (tertiary/aromatic N) is 1. The van der Waals surface area contributed by atoms with Gasteiger partial charge in [-0.25, -0.2) is 4.79 Å². The molecule has 4 aromatic rings. The molecule has 21 nitrogen and oxygen atoms in total. The van der Waals surface area contributed by atoms with E-state index in [4.69, 9.17) is 18.9 Å². The van der Waals surface area contributed by atoms with E-state index in [-0.39, 0.29) is 56.5 Å². The minimum atomic E-state index is -1.59. The van der Waals surface area contributed by atoms with Crippen LogP contribution in [0.25, 0.3) is 10.9 Å². The molecule has 4 rings (SSSR count). The number of rotatable bonds is 34. The Morgan fingerprint density at radius 2 is 1.07 bits per heavy atom. The highest BCUT2D eigenvalue weighted by Crippen LogP contribution is 2.28. The van der Waals surface area contributed by atoms with Crippen molar-refractivity contribution in [2.75, 3.05) is 12.0 Å². The second-order valence-corrected chi connectivity index (χ2v) is 28.6. The van der Waals surface area contributed by atoms with Crippen LogP contribution in [0.15, 0.2) is 79.0 Å². The number of hydrogen-bond acceptors (Lipinski definition) is 17. The van der Waals surface area contributed by atoms with E-state index in [9.17, 15) is 58.2 Å². The van der Waals surface area contributed by atoms with Gasteiger partial charge in [0, 0.05) is 74.3 Å². The van der Waals surface area contributed by atoms with Crippen LogP contribution in [0, 0.1) is 23.7 Å². The van der Waals surface area contributed by atoms with Crippen LogP contribution in [-0.4, -0.2) is 132 Å². The van der Waals surface area contributed by atoms with E-state index in [1.54, 1.807) is 131 Å².